The van der Waals surface area contributed by atoms with E-state index in [4.69, 9.17) is 14.0 Å². The molecule has 2 heterocycles. The summed E-state index contributed by atoms with van der Waals surface area (Å²) in [5.41, 5.74) is 5.37. The van der Waals surface area contributed by atoms with Crippen molar-refractivity contribution in [3.05, 3.63) is 107 Å². The molecule has 0 aliphatic heterocycles. The van der Waals surface area contributed by atoms with Gasteiger partial charge in [0.25, 0.3) is 0 Å². The van der Waals surface area contributed by atoms with Gasteiger partial charge in [0.05, 0.1) is 0 Å². The Hall–Kier alpha value is -5.05. The van der Waals surface area contributed by atoms with Gasteiger partial charge >= 0.3 is 6.01 Å². The van der Waals surface area contributed by atoms with Gasteiger partial charge in [-0.2, -0.15) is 9.97 Å². The van der Waals surface area contributed by atoms with Gasteiger partial charge in [0.1, 0.15) is 29.6 Å². The highest BCUT2D eigenvalue weighted by molar-refractivity contribution is 5.78. The van der Waals surface area contributed by atoms with Crippen molar-refractivity contribution < 1.29 is 18.8 Å². The summed E-state index contributed by atoms with van der Waals surface area (Å²) < 4.78 is 17.2. The summed E-state index contributed by atoms with van der Waals surface area (Å²) in [7, 11) is 0. The molecule has 9 heteroatoms. The van der Waals surface area contributed by atoms with Crippen LogP contribution in [0, 0.1) is 13.8 Å². The first-order valence-corrected chi connectivity index (χ1v) is 14.3. The van der Waals surface area contributed by atoms with E-state index in [0.717, 1.165) is 47.3 Å². The van der Waals surface area contributed by atoms with Crippen LogP contribution in [0.3, 0.4) is 0 Å². The van der Waals surface area contributed by atoms with E-state index in [9.17, 15) is 4.79 Å². The topological polar surface area (TPSA) is 112 Å². The number of aldehydes is 1. The number of carbonyl (C=O) groups excluding carboxylic acids is 1. The van der Waals surface area contributed by atoms with Crippen LogP contribution < -0.4 is 14.8 Å². The van der Waals surface area contributed by atoms with Crippen LogP contribution in [-0.2, 0) is 5.41 Å². The Morgan fingerprint density at radius 2 is 1.60 bits per heavy atom. The van der Waals surface area contributed by atoms with Crippen molar-refractivity contribution in [3.8, 4) is 29.0 Å². The summed E-state index contributed by atoms with van der Waals surface area (Å²) in [6.07, 6.45) is 4.54. The zero-order valence-electron chi connectivity index (χ0n) is 24.6. The minimum Gasteiger partial charge on any atom is -0.490 e. The lowest BCUT2D eigenvalue weighted by atomic mass is 9.78. The number of aromatic nitrogens is 4. The molecule has 0 unspecified atom stereocenters. The van der Waals surface area contributed by atoms with Gasteiger partial charge in [-0.3, -0.25) is 4.79 Å². The number of carbonyl (C=O) groups is 1. The largest absolute Gasteiger partial charge is 0.490 e. The minimum atomic E-state index is -0.229. The van der Waals surface area contributed by atoms with E-state index in [1.54, 1.807) is 19.2 Å². The first kappa shape index (κ1) is 28.1. The first-order chi connectivity index (χ1) is 20.8. The van der Waals surface area contributed by atoms with Crippen molar-refractivity contribution in [3.63, 3.8) is 0 Å². The van der Waals surface area contributed by atoms with Gasteiger partial charge in [-0.1, -0.05) is 43.3 Å². The van der Waals surface area contributed by atoms with Gasteiger partial charge < -0.3 is 19.3 Å². The predicted octanol–water partition coefficient (Wildman–Crippen LogP) is 7.10. The lowest BCUT2D eigenvalue weighted by Crippen LogP contribution is -2.42. The molecule has 43 heavy (non-hydrogen) atoms. The number of nitrogens with zero attached hydrogens (tertiary/aromatic N) is 4. The molecule has 1 aliphatic carbocycles. The predicted molar refractivity (Wildman–Crippen MR) is 163 cm³/mol. The van der Waals surface area contributed by atoms with Gasteiger partial charge in [-0.25, -0.2) is 4.98 Å². The highest BCUT2D eigenvalue weighted by Crippen LogP contribution is 2.35. The van der Waals surface area contributed by atoms with Crippen molar-refractivity contribution in [2.45, 2.75) is 58.1 Å². The van der Waals surface area contributed by atoms with Crippen LogP contribution in [0.4, 0.5) is 5.69 Å². The quantitative estimate of drug-likeness (QED) is 0.174. The molecule has 2 aromatic heterocycles. The molecule has 0 amide bonds. The molecule has 1 fully saturated rings. The van der Waals surface area contributed by atoms with Gasteiger partial charge in [-0.15, -0.1) is 0 Å². The number of hydrogen-bond donors (Lipinski definition) is 1. The smallest absolute Gasteiger partial charge is 0.322 e. The second-order valence-electron chi connectivity index (χ2n) is 11.4. The van der Waals surface area contributed by atoms with Crippen LogP contribution in [-0.4, -0.2) is 38.5 Å². The summed E-state index contributed by atoms with van der Waals surface area (Å²) in [6, 6.07) is 24.4. The van der Waals surface area contributed by atoms with E-state index >= 15 is 0 Å². The summed E-state index contributed by atoms with van der Waals surface area (Å²) >= 11 is 0. The molecular formula is C34H33N5O4. The second-order valence-corrected chi connectivity index (χ2v) is 11.4. The second kappa shape index (κ2) is 11.7. The van der Waals surface area contributed by atoms with Crippen molar-refractivity contribution >= 4 is 12.0 Å². The van der Waals surface area contributed by atoms with Gasteiger partial charge in [0.2, 0.25) is 11.7 Å². The molecule has 0 radical (unpaired) electrons. The summed E-state index contributed by atoms with van der Waals surface area (Å²) in [5.74, 6) is 2.36. The van der Waals surface area contributed by atoms with E-state index in [1.807, 2.05) is 49.4 Å². The molecule has 1 aliphatic rings. The number of benzene rings is 3. The van der Waals surface area contributed by atoms with Crippen LogP contribution >= 0.6 is 0 Å². The summed E-state index contributed by atoms with van der Waals surface area (Å²) in [6.45, 7) is 8.07. The fourth-order valence-corrected chi connectivity index (χ4v) is 5.19. The fraction of sp³-hybridized carbons (Fsp3) is 0.265. The maximum atomic E-state index is 11.1. The number of anilines is 1. The van der Waals surface area contributed by atoms with Crippen molar-refractivity contribution in [1.82, 2.24) is 20.1 Å². The number of rotatable bonds is 10. The lowest BCUT2D eigenvalue weighted by Gasteiger charge is -2.36. The van der Waals surface area contributed by atoms with E-state index in [0.29, 0.717) is 29.2 Å². The standard InChI is InChI=1S/C34H33N5O4/c1-21-17-26(10-5-23(21)20-40)37-27-18-30(19-27)41-28-11-6-24(7-12-28)34(3,4)25-8-13-29(14-9-25)42-33-35-16-15-31(38-33)32-36-22(2)43-39-32/h5-17,20,27,30,37H,18-19H2,1-4H3. The molecule has 1 N–H and O–H groups in total. The minimum absolute atomic E-state index is 0.181. The van der Waals surface area contributed by atoms with Crippen LogP contribution in [0.15, 0.2) is 83.5 Å². The van der Waals surface area contributed by atoms with E-state index in [-0.39, 0.29) is 17.5 Å². The Bertz CT molecular complexity index is 1730. The van der Waals surface area contributed by atoms with Crippen molar-refractivity contribution in [2.75, 3.05) is 5.32 Å². The van der Waals surface area contributed by atoms with E-state index in [1.165, 1.54) is 5.56 Å². The third-order valence-corrected chi connectivity index (χ3v) is 7.92. The Kier molecular flexibility index (Phi) is 7.63. The van der Waals surface area contributed by atoms with Gasteiger partial charge in [0.15, 0.2) is 0 Å². The molecule has 6 rings (SSSR count). The Balaban J connectivity index is 1.03. The average Bonchev–Trinajstić information content (AvgIpc) is 3.43. The van der Waals surface area contributed by atoms with Crippen LogP contribution in [0.5, 0.6) is 17.5 Å². The summed E-state index contributed by atoms with van der Waals surface area (Å²) in [4.78, 5) is 23.9. The Morgan fingerprint density at radius 3 is 2.23 bits per heavy atom. The molecule has 0 bridgehead atoms. The highest BCUT2D eigenvalue weighted by Gasteiger charge is 2.31. The monoisotopic (exact) mass is 575 g/mol. The molecule has 0 spiro atoms. The van der Waals surface area contributed by atoms with Crippen molar-refractivity contribution in [1.29, 1.82) is 0 Å². The lowest BCUT2D eigenvalue weighted by molar-refractivity contribution is 0.108. The van der Waals surface area contributed by atoms with Crippen molar-refractivity contribution in [2.24, 2.45) is 0 Å². The Morgan fingerprint density at radius 1 is 0.907 bits per heavy atom. The zero-order valence-corrected chi connectivity index (χ0v) is 24.6. The molecule has 3 aromatic carbocycles. The maximum absolute atomic E-state index is 11.1. The highest BCUT2D eigenvalue weighted by atomic mass is 16.5. The van der Waals surface area contributed by atoms with Crippen LogP contribution in [0.25, 0.3) is 11.5 Å². The fourth-order valence-electron chi connectivity index (χ4n) is 5.19. The normalized spacial score (nSPS) is 16.3. The maximum Gasteiger partial charge on any atom is 0.322 e. The number of ether oxygens (including phenoxy) is 2. The Labute approximate surface area is 250 Å². The molecule has 0 atom stereocenters. The molecule has 5 aromatic rings. The number of hydrogen-bond acceptors (Lipinski definition) is 9. The van der Waals surface area contributed by atoms with Gasteiger partial charge in [0, 0.05) is 48.7 Å². The van der Waals surface area contributed by atoms with Crippen LogP contribution in [0.2, 0.25) is 0 Å². The van der Waals surface area contributed by atoms with Gasteiger partial charge in [-0.05, 0) is 72.1 Å². The molecular weight excluding hydrogens is 542 g/mol. The molecule has 218 valence electrons. The number of nitrogens with one attached hydrogen (secondary N) is 1. The average molecular weight is 576 g/mol. The number of aryl methyl sites for hydroxylation is 2. The van der Waals surface area contributed by atoms with E-state index < -0.39 is 0 Å². The molecule has 0 saturated heterocycles. The third-order valence-electron chi connectivity index (χ3n) is 7.92. The zero-order chi connectivity index (χ0) is 30.0. The van der Waals surface area contributed by atoms with Crippen LogP contribution in [0.1, 0.15) is 59.6 Å². The SMILES string of the molecule is Cc1nc(-c2ccnc(Oc3ccc(C(C)(C)c4ccc(OC5CC(Nc6ccc(C=O)c(C)c6)C5)cc4)cc3)n2)no1. The summed E-state index contributed by atoms with van der Waals surface area (Å²) in [5, 5.41) is 7.44. The molecule has 9 nitrogen and oxygen atoms in total. The van der Waals surface area contributed by atoms with E-state index in [2.05, 4.69) is 63.5 Å². The third kappa shape index (κ3) is 6.25. The first-order valence-electron chi connectivity index (χ1n) is 14.3. The molecule has 1 saturated carbocycles.